The van der Waals surface area contributed by atoms with E-state index in [-0.39, 0.29) is 32.7 Å². The van der Waals surface area contributed by atoms with Crippen molar-refractivity contribution in [2.75, 3.05) is 19.8 Å². The highest BCUT2D eigenvalue weighted by atomic mass is 31.2. The zero-order valence-electron chi connectivity index (χ0n) is 12.9. The van der Waals surface area contributed by atoms with Gasteiger partial charge in [0, 0.05) is 6.42 Å². The lowest BCUT2D eigenvalue weighted by Crippen LogP contribution is -2.33. The molecule has 0 aliphatic rings. The molecule has 0 rings (SSSR count). The molecule has 0 aromatic rings. The van der Waals surface area contributed by atoms with Crippen LogP contribution in [0, 0.1) is 12.3 Å². The maximum Gasteiger partial charge on any atom is 0.396 e. The van der Waals surface area contributed by atoms with Crippen LogP contribution in [-0.4, -0.2) is 31.3 Å². The zero-order valence-corrected chi connectivity index (χ0v) is 13.8. The number of rotatable bonds is 11. The molecule has 1 atom stereocenters. The van der Waals surface area contributed by atoms with Gasteiger partial charge in [-0.05, 0) is 27.2 Å². The van der Waals surface area contributed by atoms with E-state index in [1.165, 1.54) is 6.08 Å². The van der Waals surface area contributed by atoms with Crippen LogP contribution in [-0.2, 0) is 27.9 Å². The summed E-state index contributed by atoms with van der Waals surface area (Å²) in [5.74, 6) is -0.622. The molecule has 0 N–H and O–H groups in total. The summed E-state index contributed by atoms with van der Waals surface area (Å²) in [4.78, 5) is 24.3. The maximum atomic E-state index is 12.4. The van der Waals surface area contributed by atoms with Crippen LogP contribution in [0.15, 0.2) is 12.7 Å². The molecule has 0 saturated carbocycles. The summed E-state index contributed by atoms with van der Waals surface area (Å²) in [5, 5.41) is 0. The van der Waals surface area contributed by atoms with Crippen LogP contribution in [0.25, 0.3) is 0 Å². The summed E-state index contributed by atoms with van der Waals surface area (Å²) < 4.78 is 27.3. The van der Waals surface area contributed by atoms with Crippen molar-refractivity contribution in [3.8, 4) is 0 Å². The molecule has 0 aromatic heterocycles. The quantitative estimate of drug-likeness (QED) is 0.331. The molecule has 0 bridgehead atoms. The fourth-order valence-electron chi connectivity index (χ4n) is 1.68. The monoisotopic (exact) mass is 319 g/mol. The van der Waals surface area contributed by atoms with Crippen molar-refractivity contribution in [2.24, 2.45) is 5.41 Å². The topological polar surface area (TPSA) is 78.9 Å². The third-order valence-electron chi connectivity index (χ3n) is 2.89. The Morgan fingerprint density at radius 1 is 1.14 bits per heavy atom. The van der Waals surface area contributed by atoms with E-state index in [0.29, 0.717) is 0 Å². The Labute approximate surface area is 126 Å². The first kappa shape index (κ1) is 20.0. The fourth-order valence-corrected chi connectivity index (χ4v) is 3.20. The molecule has 1 unspecified atom stereocenters. The van der Waals surface area contributed by atoms with Crippen LogP contribution in [0.5, 0.6) is 0 Å². The van der Waals surface area contributed by atoms with Crippen LogP contribution in [0.1, 0.15) is 33.6 Å². The fraction of sp³-hybridized carbons (Fsp3) is 0.643. The van der Waals surface area contributed by atoms with Crippen LogP contribution >= 0.6 is 7.60 Å². The molecule has 0 aliphatic heterocycles. The molecule has 0 aromatic carbocycles. The lowest BCUT2D eigenvalue weighted by Gasteiger charge is -2.27. The molecular weight excluding hydrogens is 295 g/mol. The van der Waals surface area contributed by atoms with Gasteiger partial charge in [-0.25, -0.2) is 0 Å². The van der Waals surface area contributed by atoms with Crippen molar-refractivity contribution in [2.45, 2.75) is 33.6 Å². The smallest absolute Gasteiger partial charge is 0.396 e. The molecule has 0 spiro atoms. The second kappa shape index (κ2) is 9.13. The van der Waals surface area contributed by atoms with Gasteiger partial charge >= 0.3 is 13.6 Å². The summed E-state index contributed by atoms with van der Waals surface area (Å²) >= 11 is 0. The van der Waals surface area contributed by atoms with Gasteiger partial charge in [0.05, 0.1) is 25.2 Å². The molecule has 0 aliphatic carbocycles. The van der Waals surface area contributed by atoms with Gasteiger partial charge in [-0.3, -0.25) is 14.2 Å². The summed E-state index contributed by atoms with van der Waals surface area (Å²) in [5.41, 5.74) is -2.10. The molecule has 6 nitrogen and oxygen atoms in total. The molecule has 0 saturated heterocycles. The lowest BCUT2D eigenvalue weighted by atomic mass is 9.82. The van der Waals surface area contributed by atoms with Crippen LogP contribution in [0.2, 0.25) is 0 Å². The molecule has 0 amide bonds. The number of hydrogen-bond acceptors (Lipinski definition) is 6. The van der Waals surface area contributed by atoms with Gasteiger partial charge in [-0.2, -0.15) is 0 Å². The van der Waals surface area contributed by atoms with Gasteiger partial charge in [0.1, 0.15) is 0 Å². The molecule has 0 heterocycles. The summed E-state index contributed by atoms with van der Waals surface area (Å²) in [6.07, 6.45) is 0.980. The summed E-state index contributed by atoms with van der Waals surface area (Å²) in [6, 6.07) is 0. The standard InChI is InChI=1S/C14H24O6P/c1-6-14(7-2,13(16)18-8-3)11-12(15)21(17,19-9-4)20-10-5/h6H,1-2,7-11H2,3-5H3. The Bertz CT molecular complexity index is 410. The first-order valence-electron chi connectivity index (χ1n) is 6.88. The van der Waals surface area contributed by atoms with Gasteiger partial charge in [0.2, 0.25) is 5.52 Å². The third kappa shape index (κ3) is 5.06. The van der Waals surface area contributed by atoms with Crippen molar-refractivity contribution in [3.05, 3.63) is 19.6 Å². The number of esters is 1. The van der Waals surface area contributed by atoms with E-state index in [1.807, 2.05) is 0 Å². The Morgan fingerprint density at radius 2 is 1.67 bits per heavy atom. The van der Waals surface area contributed by atoms with Gasteiger partial charge in [0.15, 0.2) is 0 Å². The minimum Gasteiger partial charge on any atom is -0.465 e. The van der Waals surface area contributed by atoms with E-state index in [1.54, 1.807) is 20.8 Å². The van der Waals surface area contributed by atoms with Crippen molar-refractivity contribution >= 4 is 19.1 Å². The van der Waals surface area contributed by atoms with Gasteiger partial charge < -0.3 is 13.8 Å². The summed E-state index contributed by atoms with van der Waals surface area (Å²) in [7, 11) is -3.91. The lowest BCUT2D eigenvalue weighted by molar-refractivity contribution is -0.153. The van der Waals surface area contributed by atoms with E-state index in [4.69, 9.17) is 13.8 Å². The summed E-state index contributed by atoms with van der Waals surface area (Å²) in [6.45, 7) is 12.4. The minimum absolute atomic E-state index is 0.0549. The maximum absolute atomic E-state index is 12.4. The normalized spacial score (nSPS) is 14.3. The SMILES string of the molecule is [CH2]CC(C=C)(CC(=O)P(=O)(OCC)OCC)C(=O)OCC. The minimum atomic E-state index is -3.91. The van der Waals surface area contributed by atoms with Crippen molar-refractivity contribution in [3.63, 3.8) is 0 Å². The van der Waals surface area contributed by atoms with E-state index in [2.05, 4.69) is 13.5 Å². The zero-order chi connectivity index (χ0) is 16.5. The number of carbonyl (C=O) groups is 2. The highest BCUT2D eigenvalue weighted by Crippen LogP contribution is 2.52. The molecule has 21 heavy (non-hydrogen) atoms. The second-order valence-electron chi connectivity index (χ2n) is 4.23. The molecule has 121 valence electrons. The predicted octanol–water partition coefficient (Wildman–Crippen LogP) is 3.13. The predicted molar refractivity (Wildman–Crippen MR) is 79.7 cm³/mol. The average Bonchev–Trinajstić information content (AvgIpc) is 2.45. The number of carbonyl (C=O) groups excluding carboxylic acids is 2. The molecular formula is C14H24O6P. The largest absolute Gasteiger partial charge is 0.465 e. The van der Waals surface area contributed by atoms with Crippen LogP contribution in [0.3, 0.4) is 0 Å². The van der Waals surface area contributed by atoms with Gasteiger partial charge in [-0.1, -0.05) is 13.0 Å². The van der Waals surface area contributed by atoms with Crippen LogP contribution < -0.4 is 0 Å². The average molecular weight is 319 g/mol. The Kier molecular flexibility index (Phi) is 8.71. The molecule has 7 heteroatoms. The van der Waals surface area contributed by atoms with E-state index in [9.17, 15) is 14.2 Å². The van der Waals surface area contributed by atoms with Crippen LogP contribution in [0.4, 0.5) is 0 Å². The Balaban J connectivity index is 5.33. The van der Waals surface area contributed by atoms with Gasteiger partial charge in [0.25, 0.3) is 0 Å². The van der Waals surface area contributed by atoms with E-state index < -0.39 is 24.5 Å². The third-order valence-corrected chi connectivity index (χ3v) is 4.85. The van der Waals surface area contributed by atoms with E-state index >= 15 is 0 Å². The Hall–Kier alpha value is -0.970. The van der Waals surface area contributed by atoms with Crippen molar-refractivity contribution in [1.82, 2.24) is 0 Å². The number of ether oxygens (including phenoxy) is 1. The molecule has 1 radical (unpaired) electrons. The van der Waals surface area contributed by atoms with Gasteiger partial charge in [-0.15, -0.1) is 6.58 Å². The van der Waals surface area contributed by atoms with Crippen molar-refractivity contribution < 1.29 is 27.9 Å². The number of hydrogen-bond donors (Lipinski definition) is 0. The first-order chi connectivity index (χ1) is 9.85. The Morgan fingerprint density at radius 3 is 2.00 bits per heavy atom. The van der Waals surface area contributed by atoms with E-state index in [0.717, 1.165) is 0 Å². The second-order valence-corrected chi connectivity index (χ2v) is 6.24. The highest BCUT2D eigenvalue weighted by molar-refractivity contribution is 7.71. The van der Waals surface area contributed by atoms with Crippen molar-refractivity contribution in [1.29, 1.82) is 0 Å². The molecule has 0 fully saturated rings. The first-order valence-corrected chi connectivity index (χ1v) is 8.42. The highest BCUT2D eigenvalue weighted by Gasteiger charge is 2.44.